The van der Waals surface area contributed by atoms with Crippen molar-refractivity contribution in [2.75, 3.05) is 0 Å². The van der Waals surface area contributed by atoms with Gasteiger partial charge in [-0.3, -0.25) is 4.79 Å². The molecule has 0 aliphatic carbocycles. The van der Waals surface area contributed by atoms with Crippen molar-refractivity contribution in [2.24, 2.45) is 0 Å². The molecule has 0 aliphatic rings. The molecule has 1 aromatic rings. The van der Waals surface area contributed by atoms with E-state index in [4.69, 9.17) is 16.7 Å². The topological polar surface area (TPSA) is 37.3 Å². The Balaban J connectivity index is 2.52. The van der Waals surface area contributed by atoms with Gasteiger partial charge in [-0.2, -0.15) is 0 Å². The predicted octanol–water partition coefficient (Wildman–Crippen LogP) is 3.22. The number of benzene rings is 1. The average Bonchev–Trinajstić information content (AvgIpc) is 2.15. The van der Waals surface area contributed by atoms with Crippen LogP contribution in [0.3, 0.4) is 0 Å². The van der Waals surface area contributed by atoms with Crippen LogP contribution in [0, 0.1) is 0 Å². The molecule has 0 fully saturated rings. The standard InChI is InChI=1S/C11H11ClO2/c12-10-7-3-1-5-9(10)6-2-4-8-11(13)14/h1-3,5-7H,4,8H2,(H,13,14). The third-order valence-electron chi connectivity index (χ3n) is 1.73. The molecule has 3 heteroatoms. The molecule has 0 aromatic heterocycles. The molecule has 1 N–H and O–H groups in total. The van der Waals surface area contributed by atoms with Gasteiger partial charge in [0, 0.05) is 11.4 Å². The van der Waals surface area contributed by atoms with Crippen molar-refractivity contribution in [1.82, 2.24) is 0 Å². The second-order valence-corrected chi connectivity index (χ2v) is 3.26. The molecule has 0 unspecified atom stereocenters. The normalized spacial score (nSPS) is 10.6. The van der Waals surface area contributed by atoms with Crippen LogP contribution in [0.2, 0.25) is 5.02 Å². The number of hydrogen-bond donors (Lipinski definition) is 1. The average molecular weight is 211 g/mol. The number of hydrogen-bond acceptors (Lipinski definition) is 1. The van der Waals surface area contributed by atoms with Gasteiger partial charge in [-0.25, -0.2) is 0 Å². The largest absolute Gasteiger partial charge is 0.481 e. The van der Waals surface area contributed by atoms with Crippen molar-refractivity contribution in [1.29, 1.82) is 0 Å². The van der Waals surface area contributed by atoms with Crippen molar-refractivity contribution in [3.63, 3.8) is 0 Å². The lowest BCUT2D eigenvalue weighted by molar-refractivity contribution is -0.136. The van der Waals surface area contributed by atoms with Crippen molar-refractivity contribution >= 4 is 23.6 Å². The van der Waals surface area contributed by atoms with Crippen molar-refractivity contribution in [2.45, 2.75) is 12.8 Å². The summed E-state index contributed by atoms with van der Waals surface area (Å²) in [4.78, 5) is 10.2. The number of allylic oxidation sites excluding steroid dienone is 1. The zero-order valence-electron chi connectivity index (χ0n) is 7.61. The second-order valence-electron chi connectivity index (χ2n) is 2.86. The monoisotopic (exact) mass is 210 g/mol. The Labute approximate surface area is 87.8 Å². The van der Waals surface area contributed by atoms with E-state index in [0.717, 1.165) is 5.56 Å². The van der Waals surface area contributed by atoms with E-state index in [2.05, 4.69) is 0 Å². The Hall–Kier alpha value is -1.28. The second kappa shape index (κ2) is 5.45. The molecule has 0 radical (unpaired) electrons. The Morgan fingerprint density at radius 2 is 2.14 bits per heavy atom. The van der Waals surface area contributed by atoms with Crippen LogP contribution < -0.4 is 0 Å². The highest BCUT2D eigenvalue weighted by Gasteiger charge is 1.94. The number of rotatable bonds is 4. The SMILES string of the molecule is O=C(O)CCC=Cc1ccccc1Cl. The van der Waals surface area contributed by atoms with E-state index in [1.54, 1.807) is 6.07 Å². The summed E-state index contributed by atoms with van der Waals surface area (Å²) in [5, 5.41) is 9.09. The third-order valence-corrected chi connectivity index (χ3v) is 2.07. The van der Waals surface area contributed by atoms with E-state index < -0.39 is 5.97 Å². The fourth-order valence-electron chi connectivity index (χ4n) is 1.03. The van der Waals surface area contributed by atoms with Crippen LogP contribution in [0.5, 0.6) is 0 Å². The minimum absolute atomic E-state index is 0.154. The minimum atomic E-state index is -0.784. The van der Waals surface area contributed by atoms with Gasteiger partial charge in [-0.1, -0.05) is 42.0 Å². The summed E-state index contributed by atoms with van der Waals surface area (Å²) in [6, 6.07) is 7.44. The molecule has 1 rings (SSSR count). The van der Waals surface area contributed by atoms with Gasteiger partial charge in [0.1, 0.15) is 0 Å². The van der Waals surface area contributed by atoms with Crippen LogP contribution in [0.1, 0.15) is 18.4 Å². The molecule has 2 nitrogen and oxygen atoms in total. The van der Waals surface area contributed by atoms with Crippen LogP contribution in [0.4, 0.5) is 0 Å². The Bertz CT molecular complexity index is 345. The highest BCUT2D eigenvalue weighted by molar-refractivity contribution is 6.32. The highest BCUT2D eigenvalue weighted by Crippen LogP contribution is 2.16. The highest BCUT2D eigenvalue weighted by atomic mass is 35.5. The van der Waals surface area contributed by atoms with Crippen LogP contribution in [-0.2, 0) is 4.79 Å². The van der Waals surface area contributed by atoms with Crippen LogP contribution in [-0.4, -0.2) is 11.1 Å². The molecule has 1 aromatic carbocycles. The van der Waals surface area contributed by atoms with E-state index in [1.165, 1.54) is 0 Å². The van der Waals surface area contributed by atoms with Crippen LogP contribution in [0.25, 0.3) is 6.08 Å². The molecule has 0 heterocycles. The summed E-state index contributed by atoms with van der Waals surface area (Å²) < 4.78 is 0. The lowest BCUT2D eigenvalue weighted by Gasteiger charge is -1.95. The van der Waals surface area contributed by atoms with Gasteiger partial charge in [0.25, 0.3) is 0 Å². The molecule has 0 saturated heterocycles. The maximum Gasteiger partial charge on any atom is 0.303 e. The van der Waals surface area contributed by atoms with Gasteiger partial charge in [-0.15, -0.1) is 0 Å². The Morgan fingerprint density at radius 3 is 2.79 bits per heavy atom. The number of aliphatic carboxylic acids is 1. The molecule has 74 valence electrons. The first kappa shape index (κ1) is 10.8. The molecule has 0 aliphatic heterocycles. The molecule has 0 amide bonds. The molecule has 0 spiro atoms. The third kappa shape index (κ3) is 3.62. The maximum absolute atomic E-state index is 10.2. The minimum Gasteiger partial charge on any atom is -0.481 e. The summed E-state index contributed by atoms with van der Waals surface area (Å²) in [6.45, 7) is 0. The summed E-state index contributed by atoms with van der Waals surface area (Å²) >= 11 is 5.90. The summed E-state index contributed by atoms with van der Waals surface area (Å²) in [5.41, 5.74) is 0.916. The van der Waals surface area contributed by atoms with E-state index in [0.29, 0.717) is 11.4 Å². The number of halogens is 1. The number of carboxylic acids is 1. The van der Waals surface area contributed by atoms with Gasteiger partial charge < -0.3 is 5.11 Å². The van der Waals surface area contributed by atoms with Crippen molar-refractivity contribution < 1.29 is 9.90 Å². The van der Waals surface area contributed by atoms with E-state index in [-0.39, 0.29) is 6.42 Å². The smallest absolute Gasteiger partial charge is 0.303 e. The molecule has 0 atom stereocenters. The van der Waals surface area contributed by atoms with Gasteiger partial charge in [0.05, 0.1) is 0 Å². The summed E-state index contributed by atoms with van der Waals surface area (Å²) in [6.07, 6.45) is 4.34. The lowest BCUT2D eigenvalue weighted by Crippen LogP contribution is -1.91. The fourth-order valence-corrected chi connectivity index (χ4v) is 1.23. The van der Waals surface area contributed by atoms with Crippen LogP contribution >= 0.6 is 11.6 Å². The van der Waals surface area contributed by atoms with E-state index in [1.807, 2.05) is 30.4 Å². The summed E-state index contributed by atoms with van der Waals surface area (Å²) in [5.74, 6) is -0.784. The molecular formula is C11H11ClO2. The molecule has 14 heavy (non-hydrogen) atoms. The van der Waals surface area contributed by atoms with Crippen molar-refractivity contribution in [3.05, 3.63) is 40.9 Å². The first-order chi connectivity index (χ1) is 6.70. The zero-order valence-corrected chi connectivity index (χ0v) is 8.37. The first-order valence-corrected chi connectivity index (χ1v) is 4.71. The zero-order chi connectivity index (χ0) is 10.4. The summed E-state index contributed by atoms with van der Waals surface area (Å²) in [7, 11) is 0. The van der Waals surface area contributed by atoms with Crippen molar-refractivity contribution in [3.8, 4) is 0 Å². The molecule has 0 bridgehead atoms. The first-order valence-electron chi connectivity index (χ1n) is 4.33. The van der Waals surface area contributed by atoms with Gasteiger partial charge in [0.15, 0.2) is 0 Å². The van der Waals surface area contributed by atoms with E-state index >= 15 is 0 Å². The number of carbonyl (C=O) groups is 1. The predicted molar refractivity (Wildman–Crippen MR) is 57.4 cm³/mol. The van der Waals surface area contributed by atoms with Gasteiger partial charge in [0.2, 0.25) is 0 Å². The number of carboxylic acid groups (broad SMARTS) is 1. The van der Waals surface area contributed by atoms with E-state index in [9.17, 15) is 4.79 Å². The van der Waals surface area contributed by atoms with Crippen LogP contribution in [0.15, 0.2) is 30.3 Å². The molecular weight excluding hydrogens is 200 g/mol. The van der Waals surface area contributed by atoms with Gasteiger partial charge in [-0.05, 0) is 18.1 Å². The molecule has 0 saturated carbocycles. The maximum atomic E-state index is 10.2. The Kier molecular flexibility index (Phi) is 4.20. The Morgan fingerprint density at radius 1 is 1.43 bits per heavy atom. The quantitative estimate of drug-likeness (QED) is 0.829. The fraction of sp³-hybridized carbons (Fsp3) is 0.182. The van der Waals surface area contributed by atoms with Gasteiger partial charge >= 0.3 is 5.97 Å². The lowest BCUT2D eigenvalue weighted by atomic mass is 10.2.